The van der Waals surface area contributed by atoms with Gasteiger partial charge in [-0.25, -0.2) is 0 Å². The molecule has 0 radical (unpaired) electrons. The molecule has 1 fully saturated rings. The number of aromatic nitrogens is 2. The van der Waals surface area contributed by atoms with E-state index in [4.69, 9.17) is 15.0 Å². The number of hydrogen-bond acceptors (Lipinski definition) is 5. The van der Waals surface area contributed by atoms with E-state index < -0.39 is 5.54 Å². The number of benzene rings is 1. The third kappa shape index (κ3) is 3.25. The fourth-order valence-corrected chi connectivity index (χ4v) is 2.91. The van der Waals surface area contributed by atoms with Crippen LogP contribution in [-0.4, -0.2) is 17.3 Å². The van der Waals surface area contributed by atoms with E-state index in [0.29, 0.717) is 18.1 Å². The Balaban J connectivity index is 0.00000176. The smallest absolute Gasteiger partial charge is 0.231 e. The minimum atomic E-state index is -0.396. The van der Waals surface area contributed by atoms with Crippen LogP contribution in [0.4, 0.5) is 0 Å². The third-order valence-corrected chi connectivity index (χ3v) is 4.24. The molecule has 3 rings (SSSR count). The molecule has 120 valence electrons. The normalized spacial score (nSPS) is 16.3. The van der Waals surface area contributed by atoms with Gasteiger partial charge in [0.1, 0.15) is 5.75 Å². The van der Waals surface area contributed by atoms with Gasteiger partial charge in [0.25, 0.3) is 0 Å². The number of nitrogens with zero attached hydrogens (tertiary/aromatic N) is 2. The van der Waals surface area contributed by atoms with Gasteiger partial charge in [-0.05, 0) is 37.0 Å². The van der Waals surface area contributed by atoms with Crippen molar-refractivity contribution in [3.05, 3.63) is 41.0 Å². The summed E-state index contributed by atoms with van der Waals surface area (Å²) < 4.78 is 10.7. The average molecular weight is 324 g/mol. The van der Waals surface area contributed by atoms with E-state index in [0.717, 1.165) is 42.6 Å². The predicted molar refractivity (Wildman–Crippen MR) is 86.4 cm³/mol. The van der Waals surface area contributed by atoms with Crippen LogP contribution in [0.25, 0.3) is 0 Å². The predicted octanol–water partition coefficient (Wildman–Crippen LogP) is 3.13. The topological polar surface area (TPSA) is 74.2 Å². The maximum absolute atomic E-state index is 6.35. The van der Waals surface area contributed by atoms with Crippen LogP contribution in [0.3, 0.4) is 0 Å². The Morgan fingerprint density at radius 3 is 2.73 bits per heavy atom. The summed E-state index contributed by atoms with van der Waals surface area (Å²) in [5, 5.41) is 4.08. The van der Waals surface area contributed by atoms with Gasteiger partial charge in [0.05, 0.1) is 19.1 Å². The van der Waals surface area contributed by atoms with Crippen molar-refractivity contribution < 1.29 is 9.26 Å². The summed E-state index contributed by atoms with van der Waals surface area (Å²) in [5.74, 6) is 2.13. The summed E-state index contributed by atoms with van der Waals surface area (Å²) in [5.41, 5.74) is 8.15. The summed E-state index contributed by atoms with van der Waals surface area (Å²) in [6.45, 7) is 2.02. The lowest BCUT2D eigenvalue weighted by Gasteiger charge is -2.17. The molecule has 1 aromatic carbocycles. The molecule has 1 aromatic heterocycles. The van der Waals surface area contributed by atoms with Gasteiger partial charge in [-0.2, -0.15) is 4.98 Å². The highest BCUT2D eigenvalue weighted by atomic mass is 35.5. The van der Waals surface area contributed by atoms with Crippen molar-refractivity contribution in [1.82, 2.24) is 10.1 Å². The Bertz CT molecular complexity index is 636. The lowest BCUT2D eigenvalue weighted by molar-refractivity contribution is 0.352. The number of methoxy groups -OCH3 is 1. The molecule has 22 heavy (non-hydrogen) atoms. The molecular formula is C16H22ClN3O2. The van der Waals surface area contributed by atoms with Crippen molar-refractivity contribution in [3.63, 3.8) is 0 Å². The zero-order valence-corrected chi connectivity index (χ0v) is 13.8. The first-order valence-electron chi connectivity index (χ1n) is 7.36. The molecule has 0 unspecified atom stereocenters. The number of aryl methyl sites for hydroxylation is 1. The maximum atomic E-state index is 6.35. The molecule has 0 saturated heterocycles. The van der Waals surface area contributed by atoms with Gasteiger partial charge in [-0.3, -0.25) is 0 Å². The van der Waals surface area contributed by atoms with E-state index in [1.54, 1.807) is 7.11 Å². The van der Waals surface area contributed by atoms with Crippen molar-refractivity contribution in [2.45, 2.75) is 44.6 Å². The molecule has 5 nitrogen and oxygen atoms in total. The van der Waals surface area contributed by atoms with Gasteiger partial charge in [0, 0.05) is 0 Å². The first-order chi connectivity index (χ1) is 10.1. The van der Waals surface area contributed by atoms with Gasteiger partial charge in [0.2, 0.25) is 5.89 Å². The van der Waals surface area contributed by atoms with E-state index in [1.165, 1.54) is 0 Å². The second kappa shape index (κ2) is 6.67. The highest BCUT2D eigenvalue weighted by Crippen LogP contribution is 2.34. The van der Waals surface area contributed by atoms with E-state index >= 15 is 0 Å². The minimum Gasteiger partial charge on any atom is -0.496 e. The summed E-state index contributed by atoms with van der Waals surface area (Å²) in [6, 6.07) is 6.09. The molecule has 0 bridgehead atoms. The standard InChI is InChI=1S/C16H21N3O2.ClH/c1-11-5-6-12(9-13(11)20-2)10-14-18-15(19-21-14)16(17)7-3-4-8-16;/h5-6,9H,3-4,7-8,10,17H2,1-2H3;1H. The van der Waals surface area contributed by atoms with Crippen LogP contribution in [0, 0.1) is 6.92 Å². The number of rotatable bonds is 4. The lowest BCUT2D eigenvalue weighted by atomic mass is 9.99. The molecule has 1 aliphatic rings. The number of hydrogen-bond donors (Lipinski definition) is 1. The third-order valence-electron chi connectivity index (χ3n) is 4.24. The van der Waals surface area contributed by atoms with E-state index in [-0.39, 0.29) is 12.4 Å². The molecule has 6 heteroatoms. The molecular weight excluding hydrogens is 302 g/mol. The Morgan fingerprint density at radius 1 is 1.32 bits per heavy atom. The van der Waals surface area contributed by atoms with Crippen LogP contribution in [0.2, 0.25) is 0 Å². The zero-order valence-electron chi connectivity index (χ0n) is 13.0. The molecule has 0 atom stereocenters. The summed E-state index contributed by atoms with van der Waals surface area (Å²) >= 11 is 0. The zero-order chi connectivity index (χ0) is 14.9. The molecule has 1 heterocycles. The van der Waals surface area contributed by atoms with Gasteiger partial charge in [-0.15, -0.1) is 12.4 Å². The second-order valence-corrected chi connectivity index (χ2v) is 5.86. The number of ether oxygens (including phenoxy) is 1. The fourth-order valence-electron chi connectivity index (χ4n) is 2.91. The van der Waals surface area contributed by atoms with Crippen molar-refractivity contribution in [1.29, 1.82) is 0 Å². The van der Waals surface area contributed by atoms with Crippen molar-refractivity contribution in [2.24, 2.45) is 5.73 Å². The highest BCUT2D eigenvalue weighted by Gasteiger charge is 2.35. The molecule has 1 saturated carbocycles. The molecule has 2 aromatic rings. The lowest BCUT2D eigenvalue weighted by Crippen LogP contribution is -2.34. The molecule has 2 N–H and O–H groups in total. The van der Waals surface area contributed by atoms with Gasteiger partial charge in [-0.1, -0.05) is 30.1 Å². The second-order valence-electron chi connectivity index (χ2n) is 5.86. The van der Waals surface area contributed by atoms with Crippen LogP contribution in [0.15, 0.2) is 22.7 Å². The Kier molecular flexibility index (Phi) is 5.08. The van der Waals surface area contributed by atoms with Crippen LogP contribution >= 0.6 is 12.4 Å². The Labute approximate surface area is 136 Å². The molecule has 1 aliphatic carbocycles. The van der Waals surface area contributed by atoms with Crippen LogP contribution in [-0.2, 0) is 12.0 Å². The van der Waals surface area contributed by atoms with Gasteiger partial charge < -0.3 is 15.0 Å². The van der Waals surface area contributed by atoms with Crippen LogP contribution in [0.5, 0.6) is 5.75 Å². The molecule has 0 spiro atoms. The van der Waals surface area contributed by atoms with Crippen molar-refractivity contribution in [3.8, 4) is 5.75 Å². The first kappa shape index (κ1) is 16.8. The van der Waals surface area contributed by atoms with Crippen molar-refractivity contribution >= 4 is 12.4 Å². The number of halogens is 1. The quantitative estimate of drug-likeness (QED) is 0.935. The summed E-state index contributed by atoms with van der Waals surface area (Å²) in [6.07, 6.45) is 4.74. The Morgan fingerprint density at radius 2 is 2.05 bits per heavy atom. The fraction of sp³-hybridized carbons (Fsp3) is 0.500. The monoisotopic (exact) mass is 323 g/mol. The van der Waals surface area contributed by atoms with E-state index in [1.807, 2.05) is 19.1 Å². The maximum Gasteiger partial charge on any atom is 0.231 e. The molecule has 0 aliphatic heterocycles. The summed E-state index contributed by atoms with van der Waals surface area (Å²) in [4.78, 5) is 4.49. The minimum absolute atomic E-state index is 0. The first-order valence-corrected chi connectivity index (χ1v) is 7.36. The van der Waals surface area contributed by atoms with Crippen LogP contribution in [0.1, 0.15) is 48.5 Å². The SMILES string of the molecule is COc1cc(Cc2nc(C3(N)CCCC3)no2)ccc1C.Cl. The van der Waals surface area contributed by atoms with Crippen LogP contribution < -0.4 is 10.5 Å². The number of nitrogens with two attached hydrogens (primary N) is 1. The van der Waals surface area contributed by atoms with E-state index in [2.05, 4.69) is 16.2 Å². The molecule has 0 amide bonds. The summed E-state index contributed by atoms with van der Waals surface area (Å²) in [7, 11) is 1.68. The van der Waals surface area contributed by atoms with E-state index in [9.17, 15) is 0 Å². The largest absolute Gasteiger partial charge is 0.496 e. The Hall–Kier alpha value is -1.59. The highest BCUT2D eigenvalue weighted by molar-refractivity contribution is 5.85. The average Bonchev–Trinajstić information content (AvgIpc) is 3.11. The van der Waals surface area contributed by atoms with Gasteiger partial charge >= 0.3 is 0 Å². The van der Waals surface area contributed by atoms with Gasteiger partial charge in [0.15, 0.2) is 5.82 Å². The van der Waals surface area contributed by atoms with Crippen molar-refractivity contribution in [2.75, 3.05) is 7.11 Å².